The molecule has 1 atom stereocenters. The fourth-order valence-electron chi connectivity index (χ4n) is 4.83. The molecule has 0 radical (unpaired) electrons. The lowest BCUT2D eigenvalue weighted by Gasteiger charge is -2.16. The van der Waals surface area contributed by atoms with Crippen LogP contribution in [0.15, 0.2) is 115 Å². The summed E-state index contributed by atoms with van der Waals surface area (Å²) in [5, 5.41) is 20.7. The number of methoxy groups -OCH3 is 1. The summed E-state index contributed by atoms with van der Waals surface area (Å²) in [7, 11) is 1.66. The summed E-state index contributed by atoms with van der Waals surface area (Å²) in [4.78, 5) is 26.6. The highest BCUT2D eigenvalue weighted by atomic mass is 16.5. The first-order valence-electron chi connectivity index (χ1n) is 14.4. The SMILES string of the molecule is COC(c1ccccc1)c1cccc(Cn2cc(-c3cc(-c4cccc(C#N)c4)nc(NC(=O)OCc4ccccc4)n3)nn2)n1. The van der Waals surface area contributed by atoms with Crippen molar-refractivity contribution in [3.05, 3.63) is 143 Å². The summed E-state index contributed by atoms with van der Waals surface area (Å²) in [6.07, 6.45) is 0.725. The number of benzene rings is 3. The van der Waals surface area contributed by atoms with Gasteiger partial charge in [0.15, 0.2) is 0 Å². The third-order valence-corrected chi connectivity index (χ3v) is 7.00. The number of hydrogen-bond donors (Lipinski definition) is 1. The molecule has 6 aromatic rings. The Balaban J connectivity index is 1.25. The van der Waals surface area contributed by atoms with Crippen LogP contribution in [-0.2, 0) is 22.6 Å². The highest BCUT2D eigenvalue weighted by molar-refractivity contribution is 5.83. The van der Waals surface area contributed by atoms with Crippen molar-refractivity contribution in [2.75, 3.05) is 12.4 Å². The molecule has 1 N–H and O–H groups in total. The number of nitrogens with zero attached hydrogens (tertiary/aromatic N) is 7. The third kappa shape index (κ3) is 7.27. The number of pyridine rings is 1. The molecule has 1 unspecified atom stereocenters. The van der Waals surface area contributed by atoms with Crippen molar-refractivity contribution in [1.29, 1.82) is 5.26 Å². The first-order chi connectivity index (χ1) is 22.6. The monoisotopic (exact) mass is 608 g/mol. The fraction of sp³-hybridized carbons (Fsp3) is 0.114. The van der Waals surface area contributed by atoms with Gasteiger partial charge in [-0.2, -0.15) is 5.26 Å². The Morgan fingerprint density at radius 2 is 1.63 bits per heavy atom. The zero-order valence-electron chi connectivity index (χ0n) is 24.8. The number of anilines is 1. The lowest BCUT2D eigenvalue weighted by molar-refractivity contribution is 0.132. The molecule has 11 nitrogen and oxygen atoms in total. The second-order valence-corrected chi connectivity index (χ2v) is 10.2. The molecule has 0 aliphatic carbocycles. The minimum Gasteiger partial charge on any atom is -0.444 e. The van der Waals surface area contributed by atoms with Gasteiger partial charge in [0.25, 0.3) is 0 Å². The molecular weight excluding hydrogens is 580 g/mol. The van der Waals surface area contributed by atoms with Gasteiger partial charge >= 0.3 is 6.09 Å². The normalized spacial score (nSPS) is 11.4. The van der Waals surface area contributed by atoms with Crippen molar-refractivity contribution in [1.82, 2.24) is 29.9 Å². The van der Waals surface area contributed by atoms with Crippen molar-refractivity contribution in [3.63, 3.8) is 0 Å². The molecule has 0 saturated carbocycles. The second kappa shape index (κ2) is 14.0. The number of amides is 1. The smallest absolute Gasteiger partial charge is 0.414 e. The molecule has 46 heavy (non-hydrogen) atoms. The van der Waals surface area contributed by atoms with Gasteiger partial charge in [0, 0.05) is 12.7 Å². The Kier molecular flexibility index (Phi) is 9.09. The Morgan fingerprint density at radius 1 is 0.870 bits per heavy atom. The van der Waals surface area contributed by atoms with Crippen molar-refractivity contribution in [2.24, 2.45) is 0 Å². The molecule has 3 aromatic carbocycles. The van der Waals surface area contributed by atoms with Crippen LogP contribution in [0.25, 0.3) is 22.6 Å². The summed E-state index contributed by atoms with van der Waals surface area (Å²) >= 11 is 0. The van der Waals surface area contributed by atoms with Crippen LogP contribution in [0.2, 0.25) is 0 Å². The van der Waals surface area contributed by atoms with Crippen LogP contribution >= 0.6 is 0 Å². The Morgan fingerprint density at radius 3 is 2.41 bits per heavy atom. The van der Waals surface area contributed by atoms with Crippen LogP contribution in [0.1, 0.15) is 34.2 Å². The number of carbonyl (C=O) groups excluding carboxylic acids is 1. The molecule has 226 valence electrons. The van der Waals surface area contributed by atoms with Gasteiger partial charge in [-0.25, -0.2) is 19.4 Å². The van der Waals surface area contributed by atoms with E-state index in [0.717, 1.165) is 22.5 Å². The number of nitriles is 1. The van der Waals surface area contributed by atoms with Gasteiger partial charge in [0.05, 0.1) is 47.1 Å². The maximum absolute atomic E-state index is 12.7. The predicted octanol–water partition coefficient (Wildman–Crippen LogP) is 6.20. The molecule has 0 bridgehead atoms. The average Bonchev–Trinajstić information content (AvgIpc) is 3.57. The highest BCUT2D eigenvalue weighted by Gasteiger charge is 2.17. The van der Waals surface area contributed by atoms with Crippen LogP contribution in [0.3, 0.4) is 0 Å². The van der Waals surface area contributed by atoms with E-state index in [-0.39, 0.29) is 18.7 Å². The van der Waals surface area contributed by atoms with E-state index in [2.05, 4.69) is 31.7 Å². The quantitative estimate of drug-likeness (QED) is 0.192. The molecule has 6 rings (SSSR count). The molecule has 0 aliphatic rings. The van der Waals surface area contributed by atoms with Gasteiger partial charge in [-0.3, -0.25) is 10.3 Å². The number of rotatable bonds is 10. The number of nitrogens with one attached hydrogen (secondary N) is 1. The standard InChI is InChI=1S/C35H28N8O3/c1-45-33(26-13-6-3-7-14-26)29-17-9-16-28(37-29)21-43-22-32(41-42-43)31-19-30(27-15-8-12-25(18-27)20-36)38-34(39-31)40-35(44)46-23-24-10-4-2-5-11-24/h2-19,22,33H,21,23H2,1H3,(H,38,39,40,44). The predicted molar refractivity (Wildman–Crippen MR) is 170 cm³/mol. The van der Waals surface area contributed by atoms with Gasteiger partial charge in [0.2, 0.25) is 5.95 Å². The molecule has 3 heterocycles. The van der Waals surface area contributed by atoms with Gasteiger partial charge in [0.1, 0.15) is 18.4 Å². The van der Waals surface area contributed by atoms with E-state index in [0.29, 0.717) is 34.8 Å². The zero-order chi connectivity index (χ0) is 31.7. The molecule has 1 amide bonds. The zero-order valence-corrected chi connectivity index (χ0v) is 24.8. The summed E-state index contributed by atoms with van der Waals surface area (Å²) in [6, 6.07) is 35.9. The van der Waals surface area contributed by atoms with E-state index in [1.807, 2.05) is 84.9 Å². The van der Waals surface area contributed by atoms with Crippen molar-refractivity contribution < 1.29 is 14.3 Å². The molecular formula is C35H28N8O3. The van der Waals surface area contributed by atoms with Crippen molar-refractivity contribution >= 4 is 12.0 Å². The average molecular weight is 609 g/mol. The van der Waals surface area contributed by atoms with E-state index in [9.17, 15) is 10.1 Å². The van der Waals surface area contributed by atoms with Gasteiger partial charge in [-0.15, -0.1) is 5.10 Å². The summed E-state index contributed by atoms with van der Waals surface area (Å²) < 4.78 is 12.8. The van der Waals surface area contributed by atoms with Crippen LogP contribution in [0.5, 0.6) is 0 Å². The Bertz CT molecular complexity index is 1990. The van der Waals surface area contributed by atoms with E-state index in [1.54, 1.807) is 42.3 Å². The summed E-state index contributed by atoms with van der Waals surface area (Å²) in [5.74, 6) is 0.0170. The Hall–Kier alpha value is -6.25. The van der Waals surface area contributed by atoms with Crippen molar-refractivity contribution in [3.8, 4) is 28.7 Å². The number of hydrogen-bond acceptors (Lipinski definition) is 9. The third-order valence-electron chi connectivity index (χ3n) is 7.00. The van der Waals surface area contributed by atoms with E-state index in [1.165, 1.54) is 0 Å². The molecule has 0 saturated heterocycles. The maximum Gasteiger partial charge on any atom is 0.414 e. The minimum absolute atomic E-state index is 0.0170. The molecule has 0 spiro atoms. The molecule has 11 heteroatoms. The minimum atomic E-state index is -0.711. The second-order valence-electron chi connectivity index (χ2n) is 10.2. The molecule has 0 fully saturated rings. The lowest BCUT2D eigenvalue weighted by Crippen LogP contribution is -2.16. The van der Waals surface area contributed by atoms with Crippen LogP contribution in [-0.4, -0.2) is 43.1 Å². The topological polar surface area (TPSA) is 141 Å². The van der Waals surface area contributed by atoms with Crippen molar-refractivity contribution in [2.45, 2.75) is 19.3 Å². The lowest BCUT2D eigenvalue weighted by atomic mass is 10.1. The van der Waals surface area contributed by atoms with Gasteiger partial charge < -0.3 is 9.47 Å². The van der Waals surface area contributed by atoms with Crippen LogP contribution < -0.4 is 5.32 Å². The maximum atomic E-state index is 12.7. The number of carbonyl (C=O) groups is 1. The fourth-order valence-corrected chi connectivity index (χ4v) is 4.83. The number of aromatic nitrogens is 6. The summed E-state index contributed by atoms with van der Waals surface area (Å²) in [5.41, 5.74) is 5.89. The highest BCUT2D eigenvalue weighted by Crippen LogP contribution is 2.26. The summed E-state index contributed by atoms with van der Waals surface area (Å²) in [6.45, 7) is 0.439. The first-order valence-corrected chi connectivity index (χ1v) is 14.4. The van der Waals surface area contributed by atoms with Crippen LogP contribution in [0, 0.1) is 11.3 Å². The van der Waals surface area contributed by atoms with Crippen LogP contribution in [0.4, 0.5) is 10.7 Å². The number of ether oxygens (including phenoxy) is 2. The van der Waals surface area contributed by atoms with Gasteiger partial charge in [-0.05, 0) is 41.5 Å². The van der Waals surface area contributed by atoms with E-state index >= 15 is 0 Å². The molecule has 0 aliphatic heterocycles. The Labute approximate surface area is 265 Å². The van der Waals surface area contributed by atoms with Gasteiger partial charge in [-0.1, -0.05) is 84.1 Å². The molecule has 3 aromatic heterocycles. The first kappa shape index (κ1) is 29.8. The van der Waals surface area contributed by atoms with E-state index in [4.69, 9.17) is 14.5 Å². The largest absolute Gasteiger partial charge is 0.444 e. The van der Waals surface area contributed by atoms with E-state index < -0.39 is 6.09 Å².